The van der Waals surface area contributed by atoms with Crippen LogP contribution in [0.25, 0.3) is 90.0 Å². The summed E-state index contributed by atoms with van der Waals surface area (Å²) < 4.78 is 15.7. The first-order chi connectivity index (χ1) is 37.3. The molecule has 2 aliphatic rings. The molecule has 0 amide bonds. The third-order valence-corrected chi connectivity index (χ3v) is 15.2. The van der Waals surface area contributed by atoms with Gasteiger partial charge in [0, 0.05) is 44.8 Å². The normalized spacial score (nSPS) is 16.1. The molecule has 9 aromatic rings. The van der Waals surface area contributed by atoms with E-state index in [-0.39, 0.29) is 5.92 Å². The molecule has 372 valence electrons. The number of ether oxygens (including phenoxy) is 1. The van der Waals surface area contributed by atoms with Gasteiger partial charge in [-0.05, 0) is 148 Å². The number of para-hydroxylation sites is 2. The molecule has 3 heteroatoms. The van der Waals surface area contributed by atoms with Gasteiger partial charge < -0.3 is 13.7 Å². The highest BCUT2D eigenvalue weighted by Gasteiger charge is 2.28. The van der Waals surface area contributed by atoms with Crippen LogP contribution in [0.1, 0.15) is 89.6 Å². The first kappa shape index (κ1) is 49.3. The van der Waals surface area contributed by atoms with Crippen LogP contribution in [-0.2, 0) is 12.8 Å². The highest BCUT2D eigenvalue weighted by atomic mass is 16.5. The van der Waals surface area contributed by atoms with E-state index in [4.69, 9.17) is 15.7 Å². The van der Waals surface area contributed by atoms with E-state index in [1.165, 1.54) is 60.8 Å². The Morgan fingerprint density at radius 3 is 2.32 bits per heavy atom. The van der Waals surface area contributed by atoms with Crippen molar-refractivity contribution in [1.82, 2.24) is 4.57 Å². The van der Waals surface area contributed by atoms with Gasteiger partial charge >= 0.3 is 0 Å². The van der Waals surface area contributed by atoms with Crippen LogP contribution in [-0.4, -0.2) is 4.57 Å². The molecule has 0 saturated carbocycles. The zero-order valence-corrected chi connectivity index (χ0v) is 44.1. The molecule has 0 radical (unpaired) electrons. The summed E-state index contributed by atoms with van der Waals surface area (Å²) in [5, 5.41) is 4.76. The van der Waals surface area contributed by atoms with E-state index in [0.29, 0.717) is 5.76 Å². The Labute approximate surface area is 448 Å². The van der Waals surface area contributed by atoms with Gasteiger partial charge in [0.2, 0.25) is 0 Å². The van der Waals surface area contributed by atoms with Crippen molar-refractivity contribution in [2.45, 2.75) is 53.4 Å². The molecule has 0 spiro atoms. The molecule has 1 atom stereocenters. The Morgan fingerprint density at radius 2 is 1.54 bits per heavy atom. The van der Waals surface area contributed by atoms with Crippen molar-refractivity contribution in [2.24, 2.45) is 5.92 Å². The van der Waals surface area contributed by atoms with Gasteiger partial charge in [-0.2, -0.15) is 0 Å². The number of nitrogens with zero attached hydrogens (tertiary/aromatic N) is 1. The van der Waals surface area contributed by atoms with Crippen LogP contribution in [0.3, 0.4) is 0 Å². The fourth-order valence-electron chi connectivity index (χ4n) is 11.4. The number of allylic oxidation sites excluding steroid dienone is 13. The predicted octanol–water partition coefficient (Wildman–Crippen LogP) is 20.0. The average molecular weight is 986 g/mol. The second-order valence-corrected chi connectivity index (χ2v) is 19.7. The molecule has 0 bridgehead atoms. The third-order valence-electron chi connectivity index (χ3n) is 15.2. The van der Waals surface area contributed by atoms with Gasteiger partial charge in [-0.3, -0.25) is 0 Å². The summed E-state index contributed by atoms with van der Waals surface area (Å²) in [6.45, 7) is 22.5. The standard InChI is InChI=1S/C73H63NO2/c1-8-12-25-51(10-3)71-49(6)66(72(55-28-15-14-16-29-55)64-34-21-20-33-63(64)71)45-52(11-4)53-37-41-58(42-38-53)74-67-46-56(48(5)73-65(30-13-9-2)62-32-22-24-36-70(62)76-73)39-43-60(67)61-44-40-57(47-68(61)74)59-31-19-17-26-54-27-18-23-35-69(54)75-50(59)7/h8,11-25,27-45,47,56H,4-5,7,9-10,26,46H2,1-3,6H3/b12-8-,19-17-,30-13-,51-25+,52-45+,59-31+. The Kier molecular flexibility index (Phi) is 14.0. The van der Waals surface area contributed by atoms with Crippen molar-refractivity contribution in [3.8, 4) is 22.6 Å². The van der Waals surface area contributed by atoms with Gasteiger partial charge in [-0.15, -0.1) is 0 Å². The van der Waals surface area contributed by atoms with Crippen LogP contribution >= 0.6 is 0 Å². The van der Waals surface area contributed by atoms with Crippen molar-refractivity contribution in [3.63, 3.8) is 0 Å². The Hall–Kier alpha value is -8.92. The van der Waals surface area contributed by atoms with E-state index in [0.717, 1.165) is 98.3 Å². The van der Waals surface area contributed by atoms with Crippen LogP contribution in [0.5, 0.6) is 5.75 Å². The summed E-state index contributed by atoms with van der Waals surface area (Å²) in [5.41, 5.74) is 20.1. The number of furan rings is 1. The molecular weight excluding hydrogens is 923 g/mol. The summed E-state index contributed by atoms with van der Waals surface area (Å²) in [5.74, 6) is 2.26. The monoisotopic (exact) mass is 985 g/mol. The lowest BCUT2D eigenvalue weighted by Crippen LogP contribution is -2.12. The lowest BCUT2D eigenvalue weighted by molar-refractivity contribution is 0.447. The maximum absolute atomic E-state index is 6.66. The molecule has 0 N–H and O–H groups in total. The van der Waals surface area contributed by atoms with Gasteiger partial charge in [0.1, 0.15) is 22.9 Å². The minimum atomic E-state index is -0.00986. The van der Waals surface area contributed by atoms with E-state index in [9.17, 15) is 0 Å². The van der Waals surface area contributed by atoms with Crippen LogP contribution in [0, 0.1) is 12.8 Å². The Bertz CT molecular complexity index is 3980. The highest BCUT2D eigenvalue weighted by molar-refractivity contribution is 6.09. The van der Waals surface area contributed by atoms with E-state index < -0.39 is 0 Å². The average Bonchev–Trinajstić information content (AvgIpc) is 4.12. The Morgan fingerprint density at radius 1 is 0.789 bits per heavy atom. The number of hydrogen-bond donors (Lipinski definition) is 0. The van der Waals surface area contributed by atoms with Gasteiger partial charge in [-0.1, -0.05) is 216 Å². The maximum Gasteiger partial charge on any atom is 0.138 e. The maximum atomic E-state index is 6.66. The van der Waals surface area contributed by atoms with Crippen molar-refractivity contribution < 1.29 is 9.15 Å². The number of fused-ring (bicyclic) bond motifs is 6. The fraction of sp³-hybridized carbons (Fsp3) is 0.123. The van der Waals surface area contributed by atoms with E-state index in [1.807, 2.05) is 30.3 Å². The lowest BCUT2D eigenvalue weighted by atomic mass is 9.82. The first-order valence-corrected chi connectivity index (χ1v) is 26.7. The number of hydrogen-bond acceptors (Lipinski definition) is 2. The smallest absolute Gasteiger partial charge is 0.138 e. The quantitative estimate of drug-likeness (QED) is 0.0850. The number of benzene rings is 7. The molecule has 76 heavy (non-hydrogen) atoms. The van der Waals surface area contributed by atoms with Crippen LogP contribution in [0.2, 0.25) is 0 Å². The minimum Gasteiger partial charge on any atom is -0.457 e. The van der Waals surface area contributed by atoms with E-state index >= 15 is 0 Å². The molecule has 1 aliphatic carbocycles. The number of aromatic nitrogens is 1. The van der Waals surface area contributed by atoms with Gasteiger partial charge in [0.15, 0.2) is 0 Å². The van der Waals surface area contributed by atoms with E-state index in [1.54, 1.807) is 0 Å². The Balaban J connectivity index is 1.05. The van der Waals surface area contributed by atoms with Gasteiger partial charge in [-0.25, -0.2) is 0 Å². The lowest BCUT2D eigenvalue weighted by Gasteiger charge is -2.22. The summed E-state index contributed by atoms with van der Waals surface area (Å²) in [6, 6.07) is 52.0. The van der Waals surface area contributed by atoms with Crippen LogP contribution in [0.15, 0.2) is 230 Å². The summed E-state index contributed by atoms with van der Waals surface area (Å²) in [4.78, 5) is 0. The molecule has 3 heterocycles. The summed E-state index contributed by atoms with van der Waals surface area (Å²) >= 11 is 0. The molecule has 1 unspecified atom stereocenters. The van der Waals surface area contributed by atoms with Crippen LogP contribution in [0.4, 0.5) is 0 Å². The zero-order valence-electron chi connectivity index (χ0n) is 44.1. The van der Waals surface area contributed by atoms with Crippen molar-refractivity contribution in [2.75, 3.05) is 0 Å². The first-order valence-electron chi connectivity index (χ1n) is 26.7. The third kappa shape index (κ3) is 9.13. The predicted molar refractivity (Wildman–Crippen MR) is 326 cm³/mol. The zero-order chi connectivity index (χ0) is 52.3. The largest absolute Gasteiger partial charge is 0.457 e. The SMILES string of the molecule is C=C/C(=C\c1c(C)c(/C(=C/C=C\C)CC)c2ccccc2c1-c1ccccc1)c1ccc(-n2c3c(c4ccc(/C5=C/C=C\Cc6ccccc6OC5=C)cc42)C=CC(C(=C)c2oc4ccccc4c2/C=C\CC)C3)cc1. The highest BCUT2D eigenvalue weighted by Crippen LogP contribution is 2.45. The summed E-state index contributed by atoms with van der Waals surface area (Å²) in [6.07, 6.45) is 29.7. The molecule has 7 aromatic carbocycles. The molecule has 11 rings (SSSR count). The van der Waals surface area contributed by atoms with Crippen molar-refractivity contribution in [1.29, 1.82) is 0 Å². The molecule has 2 aromatic heterocycles. The molecular formula is C73H63NO2. The van der Waals surface area contributed by atoms with Crippen molar-refractivity contribution >= 4 is 73.2 Å². The van der Waals surface area contributed by atoms with Crippen LogP contribution < -0.4 is 4.74 Å². The number of rotatable bonds is 13. The summed E-state index contributed by atoms with van der Waals surface area (Å²) in [7, 11) is 0. The fourth-order valence-corrected chi connectivity index (χ4v) is 11.4. The van der Waals surface area contributed by atoms with Gasteiger partial charge in [0.25, 0.3) is 0 Å². The second-order valence-electron chi connectivity index (χ2n) is 19.7. The van der Waals surface area contributed by atoms with Crippen molar-refractivity contribution in [3.05, 3.63) is 282 Å². The molecule has 1 aliphatic heterocycles. The second kappa shape index (κ2) is 21.5. The topological polar surface area (TPSA) is 27.3 Å². The molecule has 0 fully saturated rings. The van der Waals surface area contributed by atoms with E-state index in [2.05, 4.69) is 234 Å². The minimum absolute atomic E-state index is 0.00986. The molecule has 0 saturated heterocycles. The molecule has 3 nitrogen and oxygen atoms in total. The van der Waals surface area contributed by atoms with Gasteiger partial charge in [0.05, 0.1) is 5.52 Å².